The highest BCUT2D eigenvalue weighted by Gasteiger charge is 2.14. The predicted molar refractivity (Wildman–Crippen MR) is 140 cm³/mol. The first-order chi connectivity index (χ1) is 17.4. The van der Waals surface area contributed by atoms with E-state index in [9.17, 15) is 9.90 Å². The van der Waals surface area contributed by atoms with Gasteiger partial charge in [-0.3, -0.25) is 4.79 Å². The number of hydrogen-bond acceptors (Lipinski definition) is 8. The number of methoxy groups -OCH3 is 5. The highest BCUT2D eigenvalue weighted by molar-refractivity contribution is 6.04. The van der Waals surface area contributed by atoms with Crippen LogP contribution in [0.15, 0.2) is 60.8 Å². The van der Waals surface area contributed by atoms with Crippen LogP contribution in [0.25, 0.3) is 12.2 Å². The van der Waals surface area contributed by atoms with Gasteiger partial charge in [-0.15, -0.1) is 0 Å². The van der Waals surface area contributed by atoms with Gasteiger partial charge in [0, 0.05) is 23.4 Å². The van der Waals surface area contributed by atoms with Gasteiger partial charge in [-0.2, -0.15) is 0 Å². The molecule has 0 aromatic heterocycles. The second-order valence-electron chi connectivity index (χ2n) is 7.44. The number of anilines is 1. The molecule has 3 aromatic carbocycles. The highest BCUT2D eigenvalue weighted by atomic mass is 16.5. The van der Waals surface area contributed by atoms with E-state index in [1.54, 1.807) is 70.9 Å². The Labute approximate surface area is 210 Å². The number of benzene rings is 3. The molecule has 0 amide bonds. The Morgan fingerprint density at radius 1 is 0.778 bits per heavy atom. The molecule has 0 aliphatic rings. The zero-order valence-electron chi connectivity index (χ0n) is 20.8. The van der Waals surface area contributed by atoms with E-state index in [0.717, 1.165) is 5.56 Å². The molecular formula is C28H29NO7. The topological polar surface area (TPSA) is 95.5 Å². The van der Waals surface area contributed by atoms with Crippen LogP contribution in [0.4, 0.5) is 5.69 Å². The van der Waals surface area contributed by atoms with Gasteiger partial charge in [0.05, 0.1) is 41.2 Å². The number of nitrogens with one attached hydrogen (secondary N) is 1. The third kappa shape index (κ3) is 5.90. The fraction of sp³-hybridized carbons (Fsp3) is 0.179. The van der Waals surface area contributed by atoms with Crippen LogP contribution in [0.5, 0.6) is 34.5 Å². The lowest BCUT2D eigenvalue weighted by Crippen LogP contribution is -1.98. The first kappa shape index (κ1) is 26.0. The summed E-state index contributed by atoms with van der Waals surface area (Å²) in [6.45, 7) is 0. The Kier molecular flexibility index (Phi) is 8.83. The zero-order chi connectivity index (χ0) is 26.1. The lowest BCUT2D eigenvalue weighted by molar-refractivity contribution is 0.104. The van der Waals surface area contributed by atoms with E-state index < -0.39 is 0 Å². The molecule has 0 unspecified atom stereocenters. The fourth-order valence-corrected chi connectivity index (χ4v) is 3.48. The van der Waals surface area contributed by atoms with Crippen molar-refractivity contribution in [2.75, 3.05) is 40.9 Å². The van der Waals surface area contributed by atoms with E-state index in [4.69, 9.17) is 23.7 Å². The summed E-state index contributed by atoms with van der Waals surface area (Å²) in [6.07, 6.45) is 6.50. The Hall–Kier alpha value is -4.59. The van der Waals surface area contributed by atoms with Crippen molar-refractivity contribution in [1.29, 1.82) is 0 Å². The summed E-state index contributed by atoms with van der Waals surface area (Å²) in [4.78, 5) is 12.5. The lowest BCUT2D eigenvalue weighted by atomic mass is 10.1. The summed E-state index contributed by atoms with van der Waals surface area (Å²) in [7, 11) is 7.67. The van der Waals surface area contributed by atoms with Crippen molar-refractivity contribution in [2.45, 2.75) is 0 Å². The molecule has 0 bridgehead atoms. The van der Waals surface area contributed by atoms with E-state index in [-0.39, 0.29) is 17.3 Å². The molecule has 0 aliphatic carbocycles. The summed E-state index contributed by atoms with van der Waals surface area (Å²) < 4.78 is 26.6. The Balaban J connectivity index is 1.89. The van der Waals surface area contributed by atoms with Crippen molar-refractivity contribution in [3.63, 3.8) is 0 Å². The SMILES string of the molecule is COc1ccc(C(=O)/C=C\Nc2c(/C=C\c3cc(OC)c(OC)c(OC)c3)ccc(OC)c2O)cc1. The van der Waals surface area contributed by atoms with Gasteiger partial charge in [0.25, 0.3) is 0 Å². The van der Waals surface area contributed by atoms with E-state index in [2.05, 4.69) is 5.32 Å². The fourth-order valence-electron chi connectivity index (χ4n) is 3.48. The molecule has 0 saturated heterocycles. The minimum atomic E-state index is -0.206. The van der Waals surface area contributed by atoms with E-state index in [1.165, 1.54) is 19.4 Å². The average Bonchev–Trinajstić information content (AvgIpc) is 2.92. The number of ether oxygens (including phenoxy) is 5. The quantitative estimate of drug-likeness (QED) is 0.159. The summed E-state index contributed by atoms with van der Waals surface area (Å²) >= 11 is 0. The number of ketones is 1. The third-order valence-electron chi connectivity index (χ3n) is 5.37. The molecule has 0 fully saturated rings. The third-order valence-corrected chi connectivity index (χ3v) is 5.37. The van der Waals surface area contributed by atoms with Gasteiger partial charge in [-0.25, -0.2) is 0 Å². The minimum absolute atomic E-state index is 0.0916. The zero-order valence-corrected chi connectivity index (χ0v) is 20.8. The van der Waals surface area contributed by atoms with Crippen LogP contribution in [-0.2, 0) is 0 Å². The van der Waals surface area contributed by atoms with E-state index in [1.807, 2.05) is 18.2 Å². The van der Waals surface area contributed by atoms with E-state index >= 15 is 0 Å². The number of carbonyl (C=O) groups excluding carboxylic acids is 1. The molecule has 0 radical (unpaired) electrons. The second kappa shape index (κ2) is 12.2. The molecule has 0 aliphatic heterocycles. The van der Waals surface area contributed by atoms with E-state index in [0.29, 0.717) is 39.8 Å². The van der Waals surface area contributed by atoms with Crippen molar-refractivity contribution < 1.29 is 33.6 Å². The maximum atomic E-state index is 12.5. The highest BCUT2D eigenvalue weighted by Crippen LogP contribution is 2.40. The molecule has 2 N–H and O–H groups in total. The van der Waals surface area contributed by atoms with Crippen molar-refractivity contribution in [1.82, 2.24) is 0 Å². The number of hydrogen-bond donors (Lipinski definition) is 2. The maximum absolute atomic E-state index is 12.5. The van der Waals surface area contributed by atoms with Gasteiger partial charge < -0.3 is 34.1 Å². The van der Waals surface area contributed by atoms with Crippen molar-refractivity contribution in [3.05, 3.63) is 77.5 Å². The molecule has 188 valence electrons. The minimum Gasteiger partial charge on any atom is -0.503 e. The summed E-state index contributed by atoms with van der Waals surface area (Å²) in [6, 6.07) is 13.8. The smallest absolute Gasteiger partial charge is 0.203 e. The molecule has 0 atom stereocenters. The number of carbonyl (C=O) groups is 1. The molecule has 36 heavy (non-hydrogen) atoms. The largest absolute Gasteiger partial charge is 0.503 e. The lowest BCUT2D eigenvalue weighted by Gasteiger charge is -2.13. The summed E-state index contributed by atoms with van der Waals surface area (Å²) in [5.41, 5.74) is 2.32. The van der Waals surface area contributed by atoms with Gasteiger partial charge in [0.15, 0.2) is 28.8 Å². The van der Waals surface area contributed by atoms with Crippen LogP contribution >= 0.6 is 0 Å². The Morgan fingerprint density at radius 3 is 1.97 bits per heavy atom. The van der Waals surface area contributed by atoms with Gasteiger partial charge in [-0.05, 0) is 54.1 Å². The van der Waals surface area contributed by atoms with Gasteiger partial charge in [0.1, 0.15) is 5.75 Å². The maximum Gasteiger partial charge on any atom is 0.203 e. The van der Waals surface area contributed by atoms with Crippen LogP contribution in [0.3, 0.4) is 0 Å². The Morgan fingerprint density at radius 2 is 1.42 bits per heavy atom. The van der Waals surface area contributed by atoms with Crippen molar-refractivity contribution in [3.8, 4) is 34.5 Å². The molecule has 0 saturated carbocycles. The van der Waals surface area contributed by atoms with Crippen molar-refractivity contribution in [2.24, 2.45) is 0 Å². The molecule has 3 aromatic rings. The summed E-state index contributed by atoms with van der Waals surface area (Å²) in [5, 5.41) is 13.7. The number of aromatic hydroxyl groups is 1. The standard InChI is InChI=1S/C28H29NO7/c1-32-21-11-8-19(9-12-21)22(30)14-15-29-26-20(10-13-23(33-2)27(26)31)7-6-18-16-24(34-3)28(36-5)25(17-18)35-4/h6-17,29,31H,1-5H3/b7-6-,15-14-. The predicted octanol–water partition coefficient (Wildman–Crippen LogP) is 5.41. The van der Waals surface area contributed by atoms with Gasteiger partial charge >= 0.3 is 0 Å². The second-order valence-corrected chi connectivity index (χ2v) is 7.44. The number of phenols is 1. The molecular weight excluding hydrogens is 462 g/mol. The Bertz CT molecular complexity index is 1240. The van der Waals surface area contributed by atoms with Crippen LogP contribution in [-0.4, -0.2) is 46.4 Å². The van der Waals surface area contributed by atoms with Crippen LogP contribution in [0, 0.1) is 0 Å². The first-order valence-corrected chi connectivity index (χ1v) is 10.9. The van der Waals surface area contributed by atoms with Gasteiger partial charge in [-0.1, -0.05) is 12.2 Å². The average molecular weight is 492 g/mol. The van der Waals surface area contributed by atoms with Crippen LogP contribution < -0.4 is 29.0 Å². The molecule has 3 rings (SSSR count). The number of phenolic OH excluding ortho intramolecular Hbond substituents is 1. The molecule has 0 spiro atoms. The van der Waals surface area contributed by atoms with Gasteiger partial charge in [0.2, 0.25) is 5.75 Å². The molecule has 8 nitrogen and oxygen atoms in total. The molecule has 8 heteroatoms. The number of allylic oxidation sites excluding steroid dienone is 1. The normalized spacial score (nSPS) is 10.9. The monoisotopic (exact) mass is 491 g/mol. The van der Waals surface area contributed by atoms with Crippen LogP contribution in [0.1, 0.15) is 21.5 Å². The van der Waals surface area contributed by atoms with Crippen molar-refractivity contribution >= 4 is 23.6 Å². The number of rotatable bonds is 11. The summed E-state index contributed by atoms with van der Waals surface area (Å²) in [5.74, 6) is 2.19. The van der Waals surface area contributed by atoms with Crippen LogP contribution in [0.2, 0.25) is 0 Å². The first-order valence-electron chi connectivity index (χ1n) is 10.9. The molecule has 0 heterocycles.